The van der Waals surface area contributed by atoms with Gasteiger partial charge < -0.3 is 5.11 Å². The quantitative estimate of drug-likeness (QED) is 0.710. The fourth-order valence-corrected chi connectivity index (χ4v) is 1.90. The molecule has 1 aliphatic rings. The third-order valence-electron chi connectivity index (χ3n) is 2.83. The highest BCUT2D eigenvalue weighted by atomic mass is 16.3. The van der Waals surface area contributed by atoms with Gasteiger partial charge >= 0.3 is 0 Å². The van der Waals surface area contributed by atoms with E-state index in [1.165, 1.54) is 0 Å². The molecule has 0 amide bonds. The highest BCUT2D eigenvalue weighted by Crippen LogP contribution is 2.40. The van der Waals surface area contributed by atoms with Gasteiger partial charge in [0, 0.05) is 12.4 Å². The molecule has 0 aromatic carbocycles. The molecule has 7 nitrogen and oxygen atoms in total. The van der Waals surface area contributed by atoms with Crippen LogP contribution in [0.1, 0.15) is 18.5 Å². The first-order valence-electron chi connectivity index (χ1n) is 4.76. The number of aromatic nitrogens is 6. The molecule has 0 radical (unpaired) electrons. The Morgan fingerprint density at radius 1 is 1.00 bits per heavy atom. The van der Waals surface area contributed by atoms with Gasteiger partial charge in [0.25, 0.3) is 0 Å². The van der Waals surface area contributed by atoms with Crippen LogP contribution in [0.2, 0.25) is 0 Å². The molecule has 78 valence electrons. The Kier molecular flexibility index (Phi) is 1.78. The van der Waals surface area contributed by atoms with Crippen LogP contribution < -0.4 is 0 Å². The summed E-state index contributed by atoms with van der Waals surface area (Å²) in [5, 5.41) is 25.1. The topological polar surface area (TPSA) is 81.6 Å². The van der Waals surface area contributed by atoms with Crippen molar-refractivity contribution >= 4 is 0 Å². The monoisotopic (exact) mass is 206 g/mol. The first-order chi connectivity index (χ1) is 7.36. The normalized spacial score (nSPS) is 30.1. The van der Waals surface area contributed by atoms with Crippen LogP contribution in [-0.4, -0.2) is 41.2 Å². The summed E-state index contributed by atoms with van der Waals surface area (Å²) >= 11 is 0. The zero-order valence-corrected chi connectivity index (χ0v) is 7.88. The van der Waals surface area contributed by atoms with E-state index in [9.17, 15) is 5.11 Å². The molecule has 0 saturated heterocycles. The van der Waals surface area contributed by atoms with Gasteiger partial charge in [0.15, 0.2) is 0 Å². The smallest absolute Gasteiger partial charge is 0.0990 e. The highest BCUT2D eigenvalue weighted by molar-refractivity contribution is 4.96. The number of aliphatic hydroxyl groups excluding tert-OH is 1. The van der Waals surface area contributed by atoms with E-state index >= 15 is 0 Å². The second-order valence-electron chi connectivity index (χ2n) is 3.63. The van der Waals surface area contributed by atoms with Crippen molar-refractivity contribution < 1.29 is 5.11 Å². The first-order valence-corrected chi connectivity index (χ1v) is 4.76. The minimum absolute atomic E-state index is 0.00157. The zero-order chi connectivity index (χ0) is 10.3. The molecule has 2 aromatic rings. The van der Waals surface area contributed by atoms with E-state index in [1.54, 1.807) is 34.2 Å². The molecular formula is C8H10N6O. The molecule has 0 bridgehead atoms. The third kappa shape index (κ3) is 1.23. The Morgan fingerprint density at radius 2 is 1.53 bits per heavy atom. The summed E-state index contributed by atoms with van der Waals surface area (Å²) in [6, 6.07) is 0.00315. The molecular weight excluding hydrogens is 196 g/mol. The average Bonchev–Trinajstić information content (AvgIpc) is 2.87. The lowest BCUT2D eigenvalue weighted by atomic mass is 9.83. The van der Waals surface area contributed by atoms with Crippen LogP contribution in [0.25, 0.3) is 0 Å². The number of aliphatic hydroxyl groups is 1. The lowest BCUT2D eigenvalue weighted by molar-refractivity contribution is -0.0366. The molecule has 7 heteroatoms. The van der Waals surface area contributed by atoms with Crippen molar-refractivity contribution in [3.05, 3.63) is 24.8 Å². The molecule has 1 fully saturated rings. The summed E-state index contributed by atoms with van der Waals surface area (Å²) < 4.78 is 3.36. The first kappa shape index (κ1) is 8.54. The number of nitrogens with zero attached hydrogens (tertiary/aromatic N) is 6. The van der Waals surface area contributed by atoms with Crippen molar-refractivity contribution in [2.45, 2.75) is 24.6 Å². The van der Waals surface area contributed by atoms with Crippen LogP contribution in [0.3, 0.4) is 0 Å². The van der Waals surface area contributed by atoms with Crippen molar-refractivity contribution in [1.29, 1.82) is 0 Å². The van der Waals surface area contributed by atoms with Crippen molar-refractivity contribution in [2.24, 2.45) is 0 Å². The van der Waals surface area contributed by atoms with Gasteiger partial charge in [0.2, 0.25) is 0 Å². The molecule has 1 saturated carbocycles. The molecule has 2 heterocycles. The van der Waals surface area contributed by atoms with Crippen LogP contribution in [0.15, 0.2) is 24.8 Å². The van der Waals surface area contributed by atoms with Gasteiger partial charge in [-0.2, -0.15) is 0 Å². The number of hydrogen-bond acceptors (Lipinski definition) is 5. The summed E-state index contributed by atoms with van der Waals surface area (Å²) in [5.41, 5.74) is 0. The lowest BCUT2D eigenvalue weighted by Gasteiger charge is -2.40. The van der Waals surface area contributed by atoms with E-state index in [0.29, 0.717) is 0 Å². The molecule has 3 rings (SSSR count). The maximum atomic E-state index is 9.93. The fraction of sp³-hybridized carbons (Fsp3) is 0.500. The fourth-order valence-electron chi connectivity index (χ4n) is 1.90. The summed E-state index contributed by atoms with van der Waals surface area (Å²) in [6.07, 6.45) is 7.05. The Labute approximate surface area is 85.3 Å². The van der Waals surface area contributed by atoms with Crippen LogP contribution in [0.5, 0.6) is 0 Å². The minimum Gasteiger partial charge on any atom is -0.389 e. The Balaban J connectivity index is 1.76. The van der Waals surface area contributed by atoms with Crippen molar-refractivity contribution in [3.63, 3.8) is 0 Å². The second-order valence-corrected chi connectivity index (χ2v) is 3.63. The van der Waals surface area contributed by atoms with Gasteiger partial charge in [-0.1, -0.05) is 10.4 Å². The van der Waals surface area contributed by atoms with E-state index < -0.39 is 6.10 Å². The predicted molar refractivity (Wildman–Crippen MR) is 48.7 cm³/mol. The Bertz CT molecular complexity index is 384. The van der Waals surface area contributed by atoms with E-state index in [4.69, 9.17) is 0 Å². The maximum Gasteiger partial charge on any atom is 0.0990 e. The number of hydrogen-bond donors (Lipinski definition) is 1. The maximum absolute atomic E-state index is 9.93. The number of rotatable bonds is 2. The summed E-state index contributed by atoms with van der Waals surface area (Å²) in [6.45, 7) is 0. The Morgan fingerprint density at radius 3 is 1.87 bits per heavy atom. The molecule has 0 aliphatic heterocycles. The van der Waals surface area contributed by atoms with Crippen molar-refractivity contribution in [1.82, 2.24) is 30.0 Å². The van der Waals surface area contributed by atoms with E-state index in [-0.39, 0.29) is 12.1 Å². The molecule has 2 atom stereocenters. The van der Waals surface area contributed by atoms with Gasteiger partial charge in [0.05, 0.1) is 30.6 Å². The van der Waals surface area contributed by atoms with E-state index in [0.717, 1.165) is 6.42 Å². The molecule has 1 aliphatic carbocycles. The van der Waals surface area contributed by atoms with E-state index in [1.807, 2.05) is 0 Å². The van der Waals surface area contributed by atoms with Crippen molar-refractivity contribution in [2.75, 3.05) is 0 Å². The zero-order valence-electron chi connectivity index (χ0n) is 7.88. The molecule has 2 unspecified atom stereocenters. The third-order valence-corrected chi connectivity index (χ3v) is 2.83. The van der Waals surface area contributed by atoms with Gasteiger partial charge in [-0.3, -0.25) is 0 Å². The van der Waals surface area contributed by atoms with Crippen LogP contribution in [0, 0.1) is 0 Å². The lowest BCUT2D eigenvalue weighted by Crippen LogP contribution is -2.45. The van der Waals surface area contributed by atoms with Gasteiger partial charge in [0.1, 0.15) is 0 Å². The van der Waals surface area contributed by atoms with E-state index in [2.05, 4.69) is 20.6 Å². The van der Waals surface area contributed by atoms with Crippen LogP contribution in [-0.2, 0) is 0 Å². The minimum atomic E-state index is -0.478. The van der Waals surface area contributed by atoms with Crippen LogP contribution >= 0.6 is 0 Å². The highest BCUT2D eigenvalue weighted by Gasteiger charge is 2.43. The molecule has 1 N–H and O–H groups in total. The van der Waals surface area contributed by atoms with Gasteiger partial charge in [-0.15, -0.1) is 10.2 Å². The summed E-state index contributed by atoms with van der Waals surface area (Å²) in [4.78, 5) is 0. The van der Waals surface area contributed by atoms with Gasteiger partial charge in [-0.25, -0.2) is 9.36 Å². The average molecular weight is 206 g/mol. The van der Waals surface area contributed by atoms with Crippen molar-refractivity contribution in [3.8, 4) is 0 Å². The van der Waals surface area contributed by atoms with Gasteiger partial charge in [-0.05, 0) is 6.42 Å². The SMILES string of the molecule is OC1C(n2ccnn2)CC1n1ccnn1. The molecule has 2 aromatic heterocycles. The molecule has 0 spiro atoms. The Hall–Kier alpha value is -1.76. The second kappa shape index (κ2) is 3.13. The predicted octanol–water partition coefficient (Wildman–Crippen LogP) is -0.583. The largest absolute Gasteiger partial charge is 0.389 e. The van der Waals surface area contributed by atoms with Crippen LogP contribution in [0.4, 0.5) is 0 Å². The standard InChI is InChI=1S/C8H10N6O/c15-8-6(13-3-1-9-11-13)5-7(8)14-4-2-10-12-14/h1-4,6-8,15H,5H2. The summed E-state index contributed by atoms with van der Waals surface area (Å²) in [5.74, 6) is 0. The molecule has 15 heavy (non-hydrogen) atoms. The summed E-state index contributed by atoms with van der Waals surface area (Å²) in [7, 11) is 0.